The monoisotopic (exact) mass is 1360 g/mol. The topological polar surface area (TPSA) is 108 Å². The van der Waals surface area contributed by atoms with Crippen LogP contribution in [0.3, 0.4) is 0 Å². The minimum absolute atomic E-state index is 0.0286. The maximum atomic E-state index is 12.9. The predicted molar refractivity (Wildman–Crippen MR) is 417 cm³/mol. The van der Waals surface area contributed by atoms with Gasteiger partial charge in [-0.15, -0.1) is 0 Å². The summed E-state index contributed by atoms with van der Waals surface area (Å²) in [5, 5.41) is 0. The lowest BCUT2D eigenvalue weighted by Crippen LogP contribution is -2.37. The molecule has 0 spiro atoms. The van der Waals surface area contributed by atoms with Crippen LogP contribution in [0.4, 0.5) is 0 Å². The third-order valence-electron chi connectivity index (χ3n) is 17.2. The van der Waals surface area contributed by atoms with Crippen LogP contribution in [0.5, 0.6) is 0 Å². The number of quaternary nitrogens is 1. The Hall–Kier alpha value is -3.85. The molecule has 96 heavy (non-hydrogen) atoms. The van der Waals surface area contributed by atoms with Gasteiger partial charge in [-0.25, -0.2) is 4.57 Å². The molecule has 0 heterocycles. The van der Waals surface area contributed by atoms with Crippen LogP contribution in [0.25, 0.3) is 0 Å². The summed E-state index contributed by atoms with van der Waals surface area (Å²) in [5.41, 5.74) is 0. The molecule has 1 N–H and O–H groups in total. The van der Waals surface area contributed by atoms with Crippen LogP contribution in [-0.4, -0.2) is 74.9 Å². The minimum atomic E-state index is -4.40. The molecule has 2 unspecified atom stereocenters. The zero-order valence-corrected chi connectivity index (χ0v) is 64.0. The second kappa shape index (κ2) is 75.4. The van der Waals surface area contributed by atoms with E-state index >= 15 is 0 Å². The van der Waals surface area contributed by atoms with Crippen LogP contribution < -0.4 is 0 Å². The van der Waals surface area contributed by atoms with Gasteiger partial charge >= 0.3 is 19.8 Å². The second-order valence-electron chi connectivity index (χ2n) is 27.7. The molecule has 0 aliphatic heterocycles. The largest absolute Gasteiger partial charge is 0.472 e. The summed E-state index contributed by atoms with van der Waals surface area (Å²) in [6.45, 7) is 4.24. The Bertz CT molecular complexity index is 2090. The summed E-state index contributed by atoms with van der Waals surface area (Å²) in [6.07, 6.45) is 110. The number of rotatable bonds is 73. The first-order valence-corrected chi connectivity index (χ1v) is 41.4. The summed E-state index contributed by atoms with van der Waals surface area (Å²) in [5.74, 6) is -0.789. The van der Waals surface area contributed by atoms with Crippen LogP contribution >= 0.6 is 7.82 Å². The Morgan fingerprint density at radius 3 is 0.833 bits per heavy atom. The normalized spacial score (nSPS) is 13.8. The number of esters is 2. The number of phosphoric acid groups is 1. The maximum absolute atomic E-state index is 12.9. The Morgan fingerprint density at radius 1 is 0.323 bits per heavy atom. The lowest BCUT2D eigenvalue weighted by atomic mass is 10.0. The Labute approximate surface area is 593 Å². The summed E-state index contributed by atoms with van der Waals surface area (Å²) in [6, 6.07) is 0. The molecule has 0 radical (unpaired) electrons. The number of likely N-dealkylation sites (N-methyl/N-ethyl adjacent to an activating group) is 1. The van der Waals surface area contributed by atoms with E-state index < -0.39 is 26.5 Å². The van der Waals surface area contributed by atoms with Gasteiger partial charge in [0.1, 0.15) is 19.8 Å². The van der Waals surface area contributed by atoms with E-state index in [2.05, 4.69) is 148 Å². The first kappa shape index (κ1) is 92.2. The molecule has 0 bridgehead atoms. The molecule has 0 aliphatic carbocycles. The Morgan fingerprint density at radius 2 is 0.562 bits per heavy atom. The van der Waals surface area contributed by atoms with Crippen molar-refractivity contribution in [1.82, 2.24) is 0 Å². The minimum Gasteiger partial charge on any atom is -0.462 e. The molecule has 10 heteroatoms. The molecule has 0 amide bonds. The molecular weight excluding hydrogens is 1210 g/mol. The van der Waals surface area contributed by atoms with E-state index in [0.717, 1.165) is 109 Å². The molecule has 9 nitrogen and oxygen atoms in total. The molecule has 0 aromatic carbocycles. The van der Waals surface area contributed by atoms with Gasteiger partial charge in [-0.1, -0.05) is 359 Å². The van der Waals surface area contributed by atoms with E-state index in [1.54, 1.807) is 0 Å². The van der Waals surface area contributed by atoms with Gasteiger partial charge in [-0.05, 0) is 109 Å². The van der Waals surface area contributed by atoms with Crippen molar-refractivity contribution in [2.75, 3.05) is 47.5 Å². The van der Waals surface area contributed by atoms with Crippen molar-refractivity contribution >= 4 is 19.8 Å². The average Bonchev–Trinajstić information content (AvgIpc) is 2.74. The van der Waals surface area contributed by atoms with Gasteiger partial charge < -0.3 is 18.9 Å². The molecule has 0 aromatic heterocycles. The molecule has 552 valence electrons. The van der Waals surface area contributed by atoms with Crippen molar-refractivity contribution < 1.29 is 42.1 Å². The highest BCUT2D eigenvalue weighted by atomic mass is 31.2. The number of ether oxygens (including phenoxy) is 2. The number of unbranched alkanes of at least 4 members (excludes halogenated alkanes) is 37. The number of carbonyl (C=O) groups excluding carboxylic acids is 2. The van der Waals surface area contributed by atoms with Gasteiger partial charge in [0.25, 0.3) is 0 Å². The first-order valence-electron chi connectivity index (χ1n) is 39.9. The lowest BCUT2D eigenvalue weighted by molar-refractivity contribution is -0.870. The van der Waals surface area contributed by atoms with E-state index in [0.29, 0.717) is 17.4 Å². The number of hydrogen-bond acceptors (Lipinski definition) is 7. The maximum Gasteiger partial charge on any atom is 0.472 e. The molecule has 0 aliphatic rings. The average molecular weight is 1360 g/mol. The summed E-state index contributed by atoms with van der Waals surface area (Å²) < 4.78 is 34.8. The van der Waals surface area contributed by atoms with E-state index in [1.165, 1.54) is 205 Å². The smallest absolute Gasteiger partial charge is 0.462 e. The highest BCUT2D eigenvalue weighted by Gasteiger charge is 2.27. The van der Waals surface area contributed by atoms with E-state index in [9.17, 15) is 19.0 Å². The van der Waals surface area contributed by atoms with Crippen molar-refractivity contribution in [2.24, 2.45) is 0 Å². The van der Waals surface area contributed by atoms with Crippen molar-refractivity contribution in [3.05, 3.63) is 134 Å². The number of hydrogen-bond donors (Lipinski definition) is 1. The molecule has 0 rings (SSSR count). The van der Waals surface area contributed by atoms with Crippen molar-refractivity contribution in [3.63, 3.8) is 0 Å². The molecule has 2 atom stereocenters. The molecule has 0 fully saturated rings. The molecule has 0 saturated carbocycles. The predicted octanol–water partition coefficient (Wildman–Crippen LogP) is 26.7. The Kier molecular flexibility index (Phi) is 72.3. The first-order chi connectivity index (χ1) is 47.0. The van der Waals surface area contributed by atoms with E-state index in [1.807, 2.05) is 21.1 Å². The molecule has 0 aromatic rings. The van der Waals surface area contributed by atoms with E-state index in [-0.39, 0.29) is 32.0 Å². The number of phosphoric ester groups is 1. The summed E-state index contributed by atoms with van der Waals surface area (Å²) in [4.78, 5) is 36.0. The highest BCUT2D eigenvalue weighted by molar-refractivity contribution is 7.47. The van der Waals surface area contributed by atoms with Gasteiger partial charge in [0.2, 0.25) is 0 Å². The van der Waals surface area contributed by atoms with Crippen LogP contribution in [-0.2, 0) is 32.7 Å². The molecular formula is C86H151NO8P+. The van der Waals surface area contributed by atoms with Crippen molar-refractivity contribution in [1.29, 1.82) is 0 Å². The quantitative estimate of drug-likeness (QED) is 0.0211. The Balaban J connectivity index is 3.97. The van der Waals surface area contributed by atoms with E-state index in [4.69, 9.17) is 18.5 Å². The van der Waals surface area contributed by atoms with Gasteiger partial charge in [0.15, 0.2) is 6.10 Å². The van der Waals surface area contributed by atoms with Gasteiger partial charge in [0, 0.05) is 12.8 Å². The standard InChI is InChI=1S/C86H150NO8P/c1-6-8-10-12-14-16-18-20-22-24-26-28-30-32-34-36-38-40-42-43-45-46-48-50-52-54-56-58-60-62-64-66-68-70-72-74-76-78-85(88)92-82-84(83-94-96(90,91)93-81-80-87(3,4)5)95-86(89)79-77-75-73-71-69-67-65-63-61-59-57-55-53-51-49-47-44-41-39-37-35-33-31-29-27-25-23-21-19-17-15-13-11-9-7-2/h8-11,14-17,20-23,26-29,33,35,39,41,47,49,84H,6-7,12-13,18-19,24-25,30-32,34,36-38,40,42-46,48,50-83H2,1-5H3/p+1/b10-8-,11-9-,16-14-,17-15-,22-20-,23-21-,28-26-,29-27-,35-33-,41-39-,49-47-. The van der Waals surface area contributed by atoms with Crippen molar-refractivity contribution in [2.45, 2.75) is 354 Å². The summed E-state index contributed by atoms with van der Waals surface area (Å²) in [7, 11) is 1.48. The van der Waals surface area contributed by atoms with Gasteiger partial charge in [-0.2, -0.15) is 0 Å². The van der Waals surface area contributed by atoms with Crippen LogP contribution in [0, 0.1) is 0 Å². The number of nitrogens with zero attached hydrogens (tertiary/aromatic N) is 1. The van der Waals surface area contributed by atoms with Gasteiger partial charge in [-0.3, -0.25) is 18.6 Å². The van der Waals surface area contributed by atoms with Crippen molar-refractivity contribution in [3.8, 4) is 0 Å². The number of carbonyl (C=O) groups is 2. The second-order valence-corrected chi connectivity index (χ2v) is 29.1. The lowest BCUT2D eigenvalue weighted by Gasteiger charge is -2.24. The van der Waals surface area contributed by atoms with Crippen LogP contribution in [0.15, 0.2) is 134 Å². The SMILES string of the molecule is CC/C=C\C/C=C\C/C=C\C/C=C\C/C=C\C/C=C\C/C=C\CCCCCCCCCCCCCCCC(=O)OC(COC(=O)CCCCCCCCCCCCCCCCCCCCCCCCCC/C=C\C/C=C\C/C=C\C/C=C\CC)COP(=O)(O)OCC[N+](C)(C)C. The zero-order chi connectivity index (χ0) is 69.7. The third-order valence-corrected chi connectivity index (χ3v) is 18.2. The molecule has 0 saturated heterocycles. The number of allylic oxidation sites excluding steroid dienone is 22. The fourth-order valence-electron chi connectivity index (χ4n) is 11.2. The zero-order valence-electron chi connectivity index (χ0n) is 63.1. The third kappa shape index (κ3) is 79.1. The van der Waals surface area contributed by atoms with Gasteiger partial charge in [0.05, 0.1) is 27.7 Å². The summed E-state index contributed by atoms with van der Waals surface area (Å²) >= 11 is 0. The highest BCUT2D eigenvalue weighted by Crippen LogP contribution is 2.43. The fourth-order valence-corrected chi connectivity index (χ4v) is 11.9. The van der Waals surface area contributed by atoms with Crippen LogP contribution in [0.2, 0.25) is 0 Å². The van der Waals surface area contributed by atoms with Crippen LogP contribution in [0.1, 0.15) is 348 Å². The fraction of sp³-hybridized carbons (Fsp3) is 0.721.